The van der Waals surface area contributed by atoms with Crippen LogP contribution in [0.25, 0.3) is 11.0 Å². The molecule has 0 saturated carbocycles. The maximum atomic E-state index is 5.81. The van der Waals surface area contributed by atoms with Crippen molar-refractivity contribution in [1.29, 1.82) is 0 Å². The van der Waals surface area contributed by atoms with Crippen LogP contribution in [-0.2, 0) is 17.7 Å². The number of nitrogens with two attached hydrogens (primary N) is 1. The summed E-state index contributed by atoms with van der Waals surface area (Å²) in [6.07, 6.45) is 3.01. The van der Waals surface area contributed by atoms with Crippen LogP contribution < -0.4 is 11.3 Å². The molecule has 1 unspecified atom stereocenters. The van der Waals surface area contributed by atoms with Crippen molar-refractivity contribution in [3.63, 3.8) is 0 Å². The molecule has 5 nitrogen and oxygen atoms in total. The average molecular weight is 288 g/mol. The van der Waals surface area contributed by atoms with E-state index < -0.39 is 0 Å². The summed E-state index contributed by atoms with van der Waals surface area (Å²) in [4.78, 5) is 4.80. The summed E-state index contributed by atoms with van der Waals surface area (Å²) < 4.78 is 7.74. The second kappa shape index (κ2) is 6.56. The van der Waals surface area contributed by atoms with Gasteiger partial charge in [-0.3, -0.25) is 11.3 Å². The van der Waals surface area contributed by atoms with Crippen LogP contribution in [0.4, 0.5) is 0 Å². The zero-order chi connectivity index (χ0) is 14.7. The molecule has 3 rings (SSSR count). The van der Waals surface area contributed by atoms with Crippen molar-refractivity contribution in [2.24, 2.45) is 11.8 Å². The van der Waals surface area contributed by atoms with Gasteiger partial charge in [0.05, 0.1) is 11.0 Å². The number of hydrogen-bond donors (Lipinski definition) is 2. The second-order valence-electron chi connectivity index (χ2n) is 5.69. The fourth-order valence-corrected chi connectivity index (χ4v) is 3.31. The Morgan fingerprint density at radius 3 is 2.86 bits per heavy atom. The molecule has 3 N–H and O–H groups in total. The number of para-hydroxylation sites is 2. The van der Waals surface area contributed by atoms with Crippen molar-refractivity contribution in [2.75, 3.05) is 13.2 Å². The van der Waals surface area contributed by atoms with Crippen LogP contribution >= 0.6 is 0 Å². The Hall–Kier alpha value is -1.43. The van der Waals surface area contributed by atoms with Crippen LogP contribution in [-0.4, -0.2) is 28.8 Å². The number of hydrazine groups is 1. The van der Waals surface area contributed by atoms with E-state index in [2.05, 4.69) is 35.1 Å². The van der Waals surface area contributed by atoms with E-state index in [1.54, 1.807) is 0 Å². The minimum absolute atomic E-state index is 0.260. The van der Waals surface area contributed by atoms with Crippen LogP contribution in [0.3, 0.4) is 0 Å². The zero-order valence-corrected chi connectivity index (χ0v) is 12.6. The molecule has 1 fully saturated rings. The molecule has 5 heteroatoms. The average Bonchev–Trinajstić information content (AvgIpc) is 2.90. The Kier molecular flexibility index (Phi) is 4.53. The molecule has 114 valence electrons. The number of nitrogens with zero attached hydrogens (tertiary/aromatic N) is 2. The molecule has 0 radical (unpaired) electrons. The van der Waals surface area contributed by atoms with Crippen molar-refractivity contribution in [1.82, 2.24) is 15.0 Å². The number of ether oxygens (including phenoxy) is 1. The number of nitrogens with one attached hydrogen (secondary N) is 1. The topological polar surface area (TPSA) is 65.1 Å². The van der Waals surface area contributed by atoms with Gasteiger partial charge in [0.2, 0.25) is 0 Å². The van der Waals surface area contributed by atoms with Gasteiger partial charge in [0.25, 0.3) is 0 Å². The molecule has 1 saturated heterocycles. The van der Waals surface area contributed by atoms with Crippen LogP contribution in [0.15, 0.2) is 24.3 Å². The number of rotatable bonds is 5. The molecule has 2 aromatic rings. The summed E-state index contributed by atoms with van der Waals surface area (Å²) in [6.45, 7) is 4.78. The van der Waals surface area contributed by atoms with Crippen molar-refractivity contribution in [3.8, 4) is 0 Å². The van der Waals surface area contributed by atoms with E-state index >= 15 is 0 Å². The Labute approximate surface area is 125 Å². The molecule has 21 heavy (non-hydrogen) atoms. The van der Waals surface area contributed by atoms with Crippen LogP contribution in [0.1, 0.15) is 25.6 Å². The third kappa shape index (κ3) is 2.95. The Morgan fingerprint density at radius 1 is 1.38 bits per heavy atom. The van der Waals surface area contributed by atoms with Gasteiger partial charge in [0, 0.05) is 32.2 Å². The lowest BCUT2D eigenvalue weighted by molar-refractivity contribution is 0.0534. The van der Waals surface area contributed by atoms with Crippen molar-refractivity contribution < 1.29 is 4.74 Å². The van der Waals surface area contributed by atoms with Crippen LogP contribution in [0.5, 0.6) is 0 Å². The highest BCUT2D eigenvalue weighted by atomic mass is 16.5. The third-order valence-corrected chi connectivity index (χ3v) is 4.50. The number of aromatic nitrogens is 2. The van der Waals surface area contributed by atoms with Gasteiger partial charge >= 0.3 is 0 Å². The molecule has 1 aromatic heterocycles. The van der Waals surface area contributed by atoms with E-state index in [1.165, 1.54) is 5.52 Å². The summed E-state index contributed by atoms with van der Waals surface area (Å²) in [6, 6.07) is 8.57. The van der Waals surface area contributed by atoms with Gasteiger partial charge in [0.1, 0.15) is 5.82 Å². The molecular formula is C16H24N4O. The molecular weight excluding hydrogens is 264 g/mol. The molecule has 0 spiro atoms. The first-order chi connectivity index (χ1) is 10.3. The first-order valence-electron chi connectivity index (χ1n) is 7.81. The molecule has 1 atom stereocenters. The molecule has 0 bridgehead atoms. The largest absolute Gasteiger partial charge is 0.381 e. The van der Waals surface area contributed by atoms with Gasteiger partial charge in [-0.25, -0.2) is 4.98 Å². The van der Waals surface area contributed by atoms with Crippen molar-refractivity contribution in [3.05, 3.63) is 30.1 Å². The lowest BCUT2D eigenvalue weighted by Gasteiger charge is -2.29. The number of imidazole rings is 1. The molecule has 1 aliphatic heterocycles. The number of benzene rings is 1. The predicted octanol–water partition coefficient (Wildman–Crippen LogP) is 1.86. The van der Waals surface area contributed by atoms with E-state index in [0.29, 0.717) is 5.92 Å². The summed E-state index contributed by atoms with van der Waals surface area (Å²) in [5.41, 5.74) is 5.28. The summed E-state index contributed by atoms with van der Waals surface area (Å²) in [5, 5.41) is 0. The maximum Gasteiger partial charge on any atom is 0.111 e. The molecule has 2 heterocycles. The van der Waals surface area contributed by atoms with Crippen molar-refractivity contribution >= 4 is 11.0 Å². The van der Waals surface area contributed by atoms with Gasteiger partial charge in [0.15, 0.2) is 0 Å². The molecule has 0 amide bonds. The number of aryl methyl sites for hydroxylation is 1. The van der Waals surface area contributed by atoms with Crippen molar-refractivity contribution in [2.45, 2.75) is 38.8 Å². The fraction of sp³-hybridized carbons (Fsp3) is 0.562. The summed E-state index contributed by atoms with van der Waals surface area (Å²) in [5.74, 6) is 7.49. The smallest absolute Gasteiger partial charge is 0.111 e. The Morgan fingerprint density at radius 2 is 2.14 bits per heavy atom. The monoisotopic (exact) mass is 288 g/mol. The molecule has 1 aliphatic rings. The quantitative estimate of drug-likeness (QED) is 0.651. The summed E-state index contributed by atoms with van der Waals surface area (Å²) >= 11 is 0. The predicted molar refractivity (Wildman–Crippen MR) is 83.8 cm³/mol. The first-order valence-corrected chi connectivity index (χ1v) is 7.81. The highest BCUT2D eigenvalue weighted by molar-refractivity contribution is 5.75. The highest BCUT2D eigenvalue weighted by Gasteiger charge is 2.25. The Bertz CT molecular complexity index is 589. The fourth-order valence-electron chi connectivity index (χ4n) is 3.31. The lowest BCUT2D eigenvalue weighted by Crippen LogP contribution is -2.44. The van der Waals surface area contributed by atoms with Gasteiger partial charge in [-0.15, -0.1) is 0 Å². The van der Waals surface area contributed by atoms with Gasteiger partial charge in [-0.1, -0.05) is 12.1 Å². The van der Waals surface area contributed by atoms with Gasteiger partial charge < -0.3 is 9.30 Å². The number of hydrogen-bond acceptors (Lipinski definition) is 4. The number of fused-ring (bicyclic) bond motifs is 1. The normalized spacial score (nSPS) is 18.2. The summed E-state index contributed by atoms with van der Waals surface area (Å²) in [7, 11) is 0. The first kappa shape index (κ1) is 14.5. The molecule has 1 aromatic carbocycles. The zero-order valence-electron chi connectivity index (χ0n) is 12.6. The second-order valence-corrected chi connectivity index (χ2v) is 5.69. The minimum Gasteiger partial charge on any atom is -0.381 e. The highest BCUT2D eigenvalue weighted by Crippen LogP contribution is 2.23. The standard InChI is InChI=1S/C16H24N4O/c1-2-20-15-6-4-3-5-13(15)18-16(20)11-14(19-17)12-7-9-21-10-8-12/h3-6,12,14,19H,2,7-11,17H2,1H3. The van der Waals surface area contributed by atoms with Crippen LogP contribution in [0, 0.1) is 5.92 Å². The minimum atomic E-state index is 0.260. The van der Waals surface area contributed by atoms with E-state index in [0.717, 1.165) is 50.4 Å². The SMILES string of the molecule is CCn1c(CC(NN)C2CCOCC2)nc2ccccc21. The van der Waals surface area contributed by atoms with Crippen LogP contribution in [0.2, 0.25) is 0 Å². The van der Waals surface area contributed by atoms with Gasteiger partial charge in [-0.05, 0) is 37.8 Å². The van der Waals surface area contributed by atoms with E-state index in [4.69, 9.17) is 15.6 Å². The van der Waals surface area contributed by atoms with E-state index in [1.807, 2.05) is 6.07 Å². The Balaban J connectivity index is 1.85. The van der Waals surface area contributed by atoms with Gasteiger partial charge in [-0.2, -0.15) is 0 Å². The van der Waals surface area contributed by atoms with E-state index in [-0.39, 0.29) is 6.04 Å². The molecule has 0 aliphatic carbocycles. The maximum absolute atomic E-state index is 5.81. The van der Waals surface area contributed by atoms with E-state index in [9.17, 15) is 0 Å². The third-order valence-electron chi connectivity index (χ3n) is 4.50. The lowest BCUT2D eigenvalue weighted by atomic mass is 9.90.